The normalized spacial score (nSPS) is 24.5. The predicted octanol–water partition coefficient (Wildman–Crippen LogP) is 0.854. The minimum atomic E-state index is -4.50. The lowest BCUT2D eigenvalue weighted by atomic mass is 10.1. The maximum atomic E-state index is 12.3. The third kappa shape index (κ3) is 1.82. The van der Waals surface area contributed by atoms with Crippen LogP contribution >= 0.6 is 12.2 Å². The molecule has 0 saturated carbocycles. The molecule has 0 bridgehead atoms. The number of alkyl halides is 3. The SMILES string of the molecule is CN1CC(C(F)(F)F)C(=O)N(C)C1=S. The largest absolute Gasteiger partial charge is 0.402 e. The van der Waals surface area contributed by atoms with Crippen LogP contribution in [0.15, 0.2) is 0 Å². The van der Waals surface area contributed by atoms with Crippen LogP contribution in [0.2, 0.25) is 0 Å². The van der Waals surface area contributed by atoms with Crippen molar-refractivity contribution in [1.29, 1.82) is 0 Å². The van der Waals surface area contributed by atoms with E-state index in [-0.39, 0.29) is 5.11 Å². The Morgan fingerprint density at radius 2 is 1.93 bits per heavy atom. The van der Waals surface area contributed by atoms with E-state index >= 15 is 0 Å². The fourth-order valence-corrected chi connectivity index (χ4v) is 1.42. The summed E-state index contributed by atoms with van der Waals surface area (Å²) in [5.74, 6) is -2.95. The highest BCUT2D eigenvalue weighted by atomic mass is 32.1. The summed E-state index contributed by atoms with van der Waals surface area (Å²) in [6.07, 6.45) is -4.50. The van der Waals surface area contributed by atoms with E-state index in [1.54, 1.807) is 0 Å². The second kappa shape index (κ2) is 3.38. The van der Waals surface area contributed by atoms with Gasteiger partial charge < -0.3 is 4.90 Å². The van der Waals surface area contributed by atoms with Crippen molar-refractivity contribution in [3.05, 3.63) is 0 Å². The summed E-state index contributed by atoms with van der Waals surface area (Å²) in [7, 11) is 2.68. The van der Waals surface area contributed by atoms with Gasteiger partial charge in [-0.05, 0) is 12.2 Å². The molecule has 1 heterocycles. The van der Waals surface area contributed by atoms with E-state index in [0.29, 0.717) is 0 Å². The zero-order valence-electron chi connectivity index (χ0n) is 7.63. The van der Waals surface area contributed by atoms with E-state index in [2.05, 4.69) is 0 Å². The molecule has 0 aromatic rings. The highest BCUT2D eigenvalue weighted by Gasteiger charge is 2.49. The molecule has 0 N–H and O–H groups in total. The molecule has 0 radical (unpaired) electrons. The molecular weight excluding hydrogens is 217 g/mol. The van der Waals surface area contributed by atoms with Crippen molar-refractivity contribution in [2.24, 2.45) is 5.92 Å². The molecule has 0 aliphatic carbocycles. The third-order valence-electron chi connectivity index (χ3n) is 2.09. The molecule has 1 rings (SSSR count). The first-order valence-electron chi connectivity index (χ1n) is 3.84. The zero-order valence-corrected chi connectivity index (χ0v) is 8.45. The third-order valence-corrected chi connectivity index (χ3v) is 2.68. The Morgan fingerprint density at radius 3 is 2.36 bits per heavy atom. The summed E-state index contributed by atoms with van der Waals surface area (Å²) >= 11 is 4.77. The van der Waals surface area contributed by atoms with Gasteiger partial charge in [-0.25, -0.2) is 0 Å². The van der Waals surface area contributed by atoms with Crippen LogP contribution in [0.25, 0.3) is 0 Å². The van der Waals surface area contributed by atoms with Crippen LogP contribution < -0.4 is 0 Å². The summed E-state index contributed by atoms with van der Waals surface area (Å²) in [6.45, 7) is -0.397. The second-order valence-electron chi connectivity index (χ2n) is 3.15. The molecule has 1 aliphatic rings. The number of carbonyl (C=O) groups is 1. The number of carbonyl (C=O) groups excluding carboxylic acids is 1. The molecule has 1 saturated heterocycles. The van der Waals surface area contributed by atoms with E-state index in [4.69, 9.17) is 12.2 Å². The van der Waals surface area contributed by atoms with Gasteiger partial charge in [-0.2, -0.15) is 13.2 Å². The van der Waals surface area contributed by atoms with Gasteiger partial charge in [0.1, 0.15) is 0 Å². The number of hydrogen-bond donors (Lipinski definition) is 0. The molecule has 1 fully saturated rings. The summed E-state index contributed by atoms with van der Waals surface area (Å²) in [5.41, 5.74) is 0. The lowest BCUT2D eigenvalue weighted by Crippen LogP contribution is -2.57. The Bertz CT molecular complexity index is 279. The molecule has 0 aromatic heterocycles. The molecule has 1 amide bonds. The fourth-order valence-electron chi connectivity index (χ4n) is 1.26. The number of halogens is 3. The molecular formula is C7H9F3N2OS. The van der Waals surface area contributed by atoms with E-state index in [9.17, 15) is 18.0 Å². The van der Waals surface area contributed by atoms with Gasteiger partial charge in [-0.1, -0.05) is 0 Å². The van der Waals surface area contributed by atoms with Crippen LogP contribution in [0.3, 0.4) is 0 Å². The standard InChI is InChI=1S/C7H9F3N2OS/c1-11-3-4(7(8,9)10)5(13)12(2)6(11)14/h4H,3H2,1-2H3. The molecule has 80 valence electrons. The first kappa shape index (κ1) is 11.2. The lowest BCUT2D eigenvalue weighted by Gasteiger charge is -2.37. The van der Waals surface area contributed by atoms with Gasteiger partial charge in [0.25, 0.3) is 0 Å². The van der Waals surface area contributed by atoms with Crippen LogP contribution in [-0.2, 0) is 4.79 Å². The molecule has 7 heteroatoms. The Hall–Kier alpha value is -0.850. The minimum Gasteiger partial charge on any atom is -0.351 e. The summed E-state index contributed by atoms with van der Waals surface area (Å²) in [5, 5.41) is 0.121. The number of nitrogens with zero attached hydrogens (tertiary/aromatic N) is 2. The van der Waals surface area contributed by atoms with E-state index in [1.165, 1.54) is 19.0 Å². The lowest BCUT2D eigenvalue weighted by molar-refractivity contribution is -0.190. The summed E-state index contributed by atoms with van der Waals surface area (Å²) in [6, 6.07) is 0. The van der Waals surface area contributed by atoms with E-state index < -0.39 is 24.5 Å². The van der Waals surface area contributed by atoms with Gasteiger partial charge in [-0.15, -0.1) is 0 Å². The van der Waals surface area contributed by atoms with Crippen molar-refractivity contribution in [2.45, 2.75) is 6.18 Å². The first-order valence-corrected chi connectivity index (χ1v) is 4.25. The molecule has 0 spiro atoms. The molecule has 0 aromatic carbocycles. The highest BCUT2D eigenvalue weighted by molar-refractivity contribution is 7.80. The molecule has 1 atom stereocenters. The summed E-state index contributed by atoms with van der Waals surface area (Å²) in [4.78, 5) is 13.3. The van der Waals surface area contributed by atoms with Gasteiger partial charge in [0, 0.05) is 20.6 Å². The maximum absolute atomic E-state index is 12.3. The average Bonchev–Trinajstić information content (AvgIpc) is 2.06. The van der Waals surface area contributed by atoms with Gasteiger partial charge in [0.2, 0.25) is 5.91 Å². The number of thiocarbonyl (C=S) groups is 1. The number of amides is 1. The van der Waals surface area contributed by atoms with E-state index in [0.717, 1.165) is 4.90 Å². The molecule has 1 unspecified atom stereocenters. The molecule has 14 heavy (non-hydrogen) atoms. The Morgan fingerprint density at radius 1 is 1.43 bits per heavy atom. The van der Waals surface area contributed by atoms with Gasteiger partial charge >= 0.3 is 6.18 Å². The van der Waals surface area contributed by atoms with Gasteiger partial charge in [0.05, 0.1) is 0 Å². The van der Waals surface area contributed by atoms with Crippen LogP contribution in [0, 0.1) is 5.92 Å². The van der Waals surface area contributed by atoms with E-state index in [1.807, 2.05) is 0 Å². The van der Waals surface area contributed by atoms with Crippen LogP contribution in [-0.4, -0.2) is 47.6 Å². The Kier molecular flexibility index (Phi) is 2.71. The molecule has 1 aliphatic heterocycles. The van der Waals surface area contributed by atoms with Crippen molar-refractivity contribution in [3.8, 4) is 0 Å². The summed E-state index contributed by atoms with van der Waals surface area (Å²) < 4.78 is 37.0. The van der Waals surface area contributed by atoms with Crippen molar-refractivity contribution in [1.82, 2.24) is 9.80 Å². The van der Waals surface area contributed by atoms with Crippen molar-refractivity contribution in [3.63, 3.8) is 0 Å². The monoisotopic (exact) mass is 226 g/mol. The number of rotatable bonds is 0. The Labute approximate surface area is 84.5 Å². The second-order valence-corrected chi connectivity index (χ2v) is 3.52. The topological polar surface area (TPSA) is 23.6 Å². The van der Waals surface area contributed by atoms with Gasteiger partial charge in [0.15, 0.2) is 11.0 Å². The Balaban J connectivity index is 2.92. The zero-order chi connectivity index (χ0) is 11.1. The fraction of sp³-hybridized carbons (Fsp3) is 0.714. The average molecular weight is 226 g/mol. The highest BCUT2D eigenvalue weighted by Crippen LogP contribution is 2.30. The van der Waals surface area contributed by atoms with Crippen LogP contribution in [0.5, 0.6) is 0 Å². The smallest absolute Gasteiger partial charge is 0.351 e. The minimum absolute atomic E-state index is 0.121. The number of hydrogen-bond acceptors (Lipinski definition) is 2. The van der Waals surface area contributed by atoms with Crippen molar-refractivity contribution >= 4 is 23.2 Å². The van der Waals surface area contributed by atoms with Crippen LogP contribution in [0.4, 0.5) is 13.2 Å². The quantitative estimate of drug-likeness (QED) is 0.572. The maximum Gasteiger partial charge on any atom is 0.402 e. The van der Waals surface area contributed by atoms with Crippen LogP contribution in [0.1, 0.15) is 0 Å². The molecule has 3 nitrogen and oxygen atoms in total. The van der Waals surface area contributed by atoms with Crippen molar-refractivity contribution in [2.75, 3.05) is 20.6 Å². The predicted molar refractivity (Wildman–Crippen MR) is 47.5 cm³/mol. The van der Waals surface area contributed by atoms with Crippen molar-refractivity contribution < 1.29 is 18.0 Å². The first-order chi connectivity index (χ1) is 6.25. The van der Waals surface area contributed by atoms with Gasteiger partial charge in [-0.3, -0.25) is 9.69 Å².